The number of hydrogen-bond donors (Lipinski definition) is 1. The number of hydrogen-bond acceptors (Lipinski definition) is 5. The van der Waals surface area contributed by atoms with E-state index in [1.807, 2.05) is 12.1 Å². The number of aromatic nitrogens is 1. The van der Waals surface area contributed by atoms with Gasteiger partial charge in [0.15, 0.2) is 0 Å². The number of nitrogens with one attached hydrogen (secondary N) is 1. The average molecular weight is 289 g/mol. The van der Waals surface area contributed by atoms with Gasteiger partial charge in [-0.2, -0.15) is 4.98 Å². The second kappa shape index (κ2) is 6.35. The highest BCUT2D eigenvalue weighted by Gasteiger charge is 2.32. The zero-order valence-electron chi connectivity index (χ0n) is 12.7. The Balaban J connectivity index is 1.62. The lowest BCUT2D eigenvalue weighted by molar-refractivity contribution is 0.476. The molecular formula is C16H23N3O2. The fourth-order valence-corrected chi connectivity index (χ4v) is 2.31. The molecule has 1 fully saturated rings. The predicted octanol–water partition coefficient (Wildman–Crippen LogP) is 3.18. The van der Waals surface area contributed by atoms with Crippen molar-refractivity contribution in [3.8, 4) is 0 Å². The van der Waals surface area contributed by atoms with E-state index in [4.69, 9.17) is 8.83 Å². The first kappa shape index (κ1) is 14.2. The minimum Gasteiger partial charge on any atom is -0.467 e. The van der Waals surface area contributed by atoms with Crippen LogP contribution in [0.3, 0.4) is 0 Å². The van der Waals surface area contributed by atoms with Gasteiger partial charge in [-0.25, -0.2) is 0 Å². The van der Waals surface area contributed by atoms with Gasteiger partial charge in [-0.05, 0) is 37.4 Å². The van der Waals surface area contributed by atoms with Crippen molar-refractivity contribution in [3.63, 3.8) is 0 Å². The summed E-state index contributed by atoms with van der Waals surface area (Å²) in [4.78, 5) is 6.80. The van der Waals surface area contributed by atoms with Gasteiger partial charge >= 0.3 is 0 Å². The van der Waals surface area contributed by atoms with E-state index in [0.29, 0.717) is 18.0 Å². The van der Waals surface area contributed by atoms with Crippen LogP contribution >= 0.6 is 0 Å². The fourth-order valence-electron chi connectivity index (χ4n) is 2.31. The van der Waals surface area contributed by atoms with Gasteiger partial charge in [-0.15, -0.1) is 0 Å². The lowest BCUT2D eigenvalue weighted by atomic mass is 10.2. The van der Waals surface area contributed by atoms with Crippen molar-refractivity contribution in [1.82, 2.24) is 10.3 Å². The summed E-state index contributed by atoms with van der Waals surface area (Å²) >= 11 is 0. The maximum absolute atomic E-state index is 5.67. The van der Waals surface area contributed by atoms with Gasteiger partial charge in [0.1, 0.15) is 12.0 Å². The van der Waals surface area contributed by atoms with E-state index >= 15 is 0 Å². The molecule has 21 heavy (non-hydrogen) atoms. The third-order valence-corrected chi connectivity index (χ3v) is 3.54. The zero-order chi connectivity index (χ0) is 14.7. The number of oxazole rings is 1. The normalized spacial score (nSPS) is 14.8. The van der Waals surface area contributed by atoms with Crippen LogP contribution in [0, 0.1) is 5.92 Å². The molecule has 0 saturated heterocycles. The molecule has 2 aromatic rings. The van der Waals surface area contributed by atoms with Crippen molar-refractivity contribution < 1.29 is 8.83 Å². The summed E-state index contributed by atoms with van der Waals surface area (Å²) in [5, 5.41) is 3.38. The highest BCUT2D eigenvalue weighted by atomic mass is 16.4. The molecule has 0 bridgehead atoms. The Morgan fingerprint density at radius 2 is 2.24 bits per heavy atom. The molecule has 1 saturated carbocycles. The second-order valence-electron chi connectivity index (χ2n) is 6.08. The average Bonchev–Trinajstić information content (AvgIpc) is 2.97. The lowest BCUT2D eigenvalue weighted by Gasteiger charge is -2.18. The summed E-state index contributed by atoms with van der Waals surface area (Å²) in [7, 11) is 0. The summed E-state index contributed by atoms with van der Waals surface area (Å²) in [6, 6.07) is 5.14. The van der Waals surface area contributed by atoms with Crippen molar-refractivity contribution in [3.05, 3.63) is 36.1 Å². The van der Waals surface area contributed by atoms with E-state index in [1.165, 1.54) is 12.8 Å². The smallest absolute Gasteiger partial charge is 0.298 e. The Kier molecular flexibility index (Phi) is 4.29. The van der Waals surface area contributed by atoms with Gasteiger partial charge in [0.25, 0.3) is 6.01 Å². The van der Waals surface area contributed by atoms with E-state index in [9.17, 15) is 0 Å². The Hall–Kier alpha value is -1.75. The number of nitrogens with zero attached hydrogens (tertiary/aromatic N) is 2. The Bertz CT molecular complexity index is 544. The standard InChI is InChI=1S/C16H23N3O2/c1-12(2)8-17-9-13-11-21-16(18-13)19(14-5-6-14)10-15-4-3-7-20-15/h3-4,7,11-12,14,17H,5-6,8-10H2,1-2H3. The fraction of sp³-hybridized carbons (Fsp3) is 0.562. The molecule has 2 aromatic heterocycles. The van der Waals surface area contributed by atoms with Crippen LogP contribution in [0.15, 0.2) is 33.5 Å². The van der Waals surface area contributed by atoms with Gasteiger partial charge in [-0.1, -0.05) is 13.8 Å². The topological polar surface area (TPSA) is 54.4 Å². The Morgan fingerprint density at radius 3 is 2.90 bits per heavy atom. The van der Waals surface area contributed by atoms with Crippen LogP contribution in [-0.2, 0) is 13.1 Å². The number of furan rings is 1. The molecule has 0 radical (unpaired) electrons. The molecule has 3 rings (SSSR count). The molecular weight excluding hydrogens is 266 g/mol. The molecule has 0 aliphatic heterocycles. The lowest BCUT2D eigenvalue weighted by Crippen LogP contribution is -2.25. The van der Waals surface area contributed by atoms with Gasteiger partial charge < -0.3 is 19.1 Å². The molecule has 1 aliphatic carbocycles. The largest absolute Gasteiger partial charge is 0.467 e. The van der Waals surface area contributed by atoms with Crippen LogP contribution < -0.4 is 10.2 Å². The SMILES string of the molecule is CC(C)CNCc1coc(N(Cc2ccco2)C2CC2)n1. The third-order valence-electron chi connectivity index (χ3n) is 3.54. The molecule has 0 spiro atoms. The second-order valence-corrected chi connectivity index (χ2v) is 6.08. The molecule has 114 valence electrons. The third kappa shape index (κ3) is 3.88. The quantitative estimate of drug-likeness (QED) is 0.809. The van der Waals surface area contributed by atoms with E-state index in [1.54, 1.807) is 12.5 Å². The maximum atomic E-state index is 5.67. The summed E-state index contributed by atoms with van der Waals surface area (Å²) < 4.78 is 11.1. The highest BCUT2D eigenvalue weighted by Crippen LogP contribution is 2.32. The molecule has 0 atom stereocenters. The van der Waals surface area contributed by atoms with Crippen LogP contribution in [0.1, 0.15) is 38.1 Å². The summed E-state index contributed by atoms with van der Waals surface area (Å²) in [5.74, 6) is 1.58. The molecule has 0 aromatic carbocycles. The molecule has 1 N–H and O–H groups in total. The summed E-state index contributed by atoms with van der Waals surface area (Å²) in [6.07, 6.45) is 5.85. The van der Waals surface area contributed by atoms with Crippen molar-refractivity contribution >= 4 is 6.01 Å². The first-order valence-electron chi connectivity index (χ1n) is 7.66. The van der Waals surface area contributed by atoms with Gasteiger partial charge in [-0.3, -0.25) is 0 Å². The molecule has 5 nitrogen and oxygen atoms in total. The highest BCUT2D eigenvalue weighted by molar-refractivity contribution is 5.32. The predicted molar refractivity (Wildman–Crippen MR) is 81.0 cm³/mol. The van der Waals surface area contributed by atoms with Crippen molar-refractivity contribution in [1.29, 1.82) is 0 Å². The molecule has 1 aliphatic rings. The minimum atomic E-state index is 0.533. The van der Waals surface area contributed by atoms with Crippen LogP contribution in [0.25, 0.3) is 0 Å². The maximum Gasteiger partial charge on any atom is 0.298 e. The summed E-state index contributed by atoms with van der Waals surface area (Å²) in [6.45, 7) is 6.84. The van der Waals surface area contributed by atoms with E-state index < -0.39 is 0 Å². The van der Waals surface area contributed by atoms with E-state index in [0.717, 1.165) is 31.1 Å². The molecule has 0 amide bonds. The van der Waals surface area contributed by atoms with Crippen molar-refractivity contribution in [2.24, 2.45) is 5.92 Å². The number of anilines is 1. The van der Waals surface area contributed by atoms with E-state index in [-0.39, 0.29) is 0 Å². The van der Waals surface area contributed by atoms with Crippen molar-refractivity contribution in [2.45, 2.75) is 45.8 Å². The molecule has 2 heterocycles. The minimum absolute atomic E-state index is 0.533. The van der Waals surface area contributed by atoms with Gasteiger partial charge in [0, 0.05) is 12.6 Å². The van der Waals surface area contributed by atoms with Crippen LogP contribution in [0.2, 0.25) is 0 Å². The van der Waals surface area contributed by atoms with Crippen LogP contribution in [-0.4, -0.2) is 17.6 Å². The van der Waals surface area contributed by atoms with Gasteiger partial charge in [0.2, 0.25) is 0 Å². The first-order valence-corrected chi connectivity index (χ1v) is 7.66. The van der Waals surface area contributed by atoms with Gasteiger partial charge in [0.05, 0.1) is 18.5 Å². The molecule has 5 heteroatoms. The first-order chi connectivity index (χ1) is 10.2. The number of rotatable bonds is 8. The monoisotopic (exact) mass is 289 g/mol. The van der Waals surface area contributed by atoms with Crippen molar-refractivity contribution in [2.75, 3.05) is 11.4 Å². The van der Waals surface area contributed by atoms with E-state index in [2.05, 4.69) is 29.0 Å². The summed E-state index contributed by atoms with van der Waals surface area (Å²) in [5.41, 5.74) is 0.954. The Labute approximate surface area is 125 Å². The Morgan fingerprint density at radius 1 is 1.38 bits per heavy atom. The zero-order valence-corrected chi connectivity index (χ0v) is 12.7. The van der Waals surface area contributed by atoms with Crippen LogP contribution in [0.4, 0.5) is 6.01 Å². The van der Waals surface area contributed by atoms with Crippen LogP contribution in [0.5, 0.6) is 0 Å². The molecule has 0 unspecified atom stereocenters.